The Labute approximate surface area is 199 Å². The topological polar surface area (TPSA) is 69.7 Å². The van der Waals surface area contributed by atoms with Crippen molar-refractivity contribution in [2.24, 2.45) is 0 Å². The van der Waals surface area contributed by atoms with Crippen LogP contribution in [0, 0.1) is 0 Å². The number of hydrogen-bond acceptors (Lipinski definition) is 4. The molecule has 4 amide bonds. The van der Waals surface area contributed by atoms with Gasteiger partial charge >= 0.3 is 6.03 Å². The number of carbonyl (C=O) groups excluding carboxylic acids is 3. The molecule has 0 spiro atoms. The van der Waals surface area contributed by atoms with E-state index in [1.54, 1.807) is 30.3 Å². The van der Waals surface area contributed by atoms with Gasteiger partial charge in [0.2, 0.25) is 0 Å². The average Bonchev–Trinajstić information content (AvgIpc) is 2.71. The van der Waals surface area contributed by atoms with E-state index >= 15 is 0 Å². The summed E-state index contributed by atoms with van der Waals surface area (Å²) < 4.78 is 0. The van der Waals surface area contributed by atoms with Gasteiger partial charge < -0.3 is 4.90 Å². The summed E-state index contributed by atoms with van der Waals surface area (Å²) in [7, 11) is 0. The predicted octanol–water partition coefficient (Wildman–Crippen LogP) is 5.51. The van der Waals surface area contributed by atoms with Gasteiger partial charge in [0, 0.05) is 22.3 Å². The molecule has 4 rings (SSSR count). The Morgan fingerprint density at radius 3 is 2.39 bits per heavy atom. The Kier molecular flexibility index (Phi) is 5.83. The Morgan fingerprint density at radius 1 is 1.09 bits per heavy atom. The zero-order chi connectivity index (χ0) is 24.1. The minimum atomic E-state index is -0.779. The lowest BCUT2D eigenvalue weighted by Gasteiger charge is -2.50. The fourth-order valence-electron chi connectivity index (χ4n) is 5.19. The number of rotatable bonds is 3. The molecule has 0 aromatic heterocycles. The van der Waals surface area contributed by atoms with E-state index in [1.807, 2.05) is 12.1 Å². The largest absolute Gasteiger partial charge is 0.364 e. The molecule has 2 aromatic carbocycles. The maximum atomic E-state index is 13.2. The molecule has 33 heavy (non-hydrogen) atoms. The van der Waals surface area contributed by atoms with Crippen molar-refractivity contribution in [1.82, 2.24) is 5.32 Å². The summed E-state index contributed by atoms with van der Waals surface area (Å²) in [6.45, 7) is 11.1. The van der Waals surface area contributed by atoms with Gasteiger partial charge in [0.1, 0.15) is 5.57 Å². The number of anilines is 2. The summed E-state index contributed by atoms with van der Waals surface area (Å²) in [5.74, 6) is -1.04. The number of fused-ring (bicyclic) bond motifs is 1. The first-order valence-electron chi connectivity index (χ1n) is 11.1. The number of carbonyl (C=O) groups is 3. The molecule has 2 aliphatic rings. The van der Waals surface area contributed by atoms with E-state index in [1.165, 1.54) is 11.3 Å². The minimum absolute atomic E-state index is 0.0270. The van der Waals surface area contributed by atoms with Crippen LogP contribution < -0.4 is 15.1 Å². The molecule has 2 heterocycles. The molecule has 0 aliphatic carbocycles. The quantitative estimate of drug-likeness (QED) is 0.479. The van der Waals surface area contributed by atoms with Gasteiger partial charge in [-0.1, -0.05) is 24.6 Å². The van der Waals surface area contributed by atoms with Crippen molar-refractivity contribution < 1.29 is 14.4 Å². The van der Waals surface area contributed by atoms with Crippen molar-refractivity contribution in [3.05, 3.63) is 64.2 Å². The lowest BCUT2D eigenvalue weighted by atomic mass is 9.78. The van der Waals surface area contributed by atoms with Crippen LogP contribution in [0.5, 0.6) is 0 Å². The molecule has 0 radical (unpaired) electrons. The molecule has 1 fully saturated rings. The highest BCUT2D eigenvalue weighted by atomic mass is 35.5. The van der Waals surface area contributed by atoms with Gasteiger partial charge in [-0.05, 0) is 93.6 Å². The second-order valence-corrected chi connectivity index (χ2v) is 10.1. The molecule has 2 aliphatic heterocycles. The van der Waals surface area contributed by atoms with E-state index in [0.717, 1.165) is 16.9 Å². The van der Waals surface area contributed by atoms with Crippen molar-refractivity contribution in [3.8, 4) is 0 Å². The number of amides is 4. The Hall–Kier alpha value is -3.12. The van der Waals surface area contributed by atoms with E-state index in [2.05, 4.69) is 50.9 Å². The molecule has 172 valence electrons. The number of hydrogen-bond donors (Lipinski definition) is 1. The second-order valence-electron chi connectivity index (χ2n) is 9.63. The van der Waals surface area contributed by atoms with Crippen LogP contribution in [0.25, 0.3) is 6.08 Å². The van der Waals surface area contributed by atoms with Crippen LogP contribution >= 0.6 is 11.6 Å². The van der Waals surface area contributed by atoms with Gasteiger partial charge in [-0.15, -0.1) is 0 Å². The molecular formula is C26H28ClN3O3. The third-order valence-corrected chi connectivity index (χ3v) is 6.57. The maximum Gasteiger partial charge on any atom is 0.335 e. The Bertz CT molecular complexity index is 1170. The molecule has 1 atom stereocenters. The molecular weight excluding hydrogens is 438 g/mol. The highest BCUT2D eigenvalue weighted by Gasteiger charge is 2.39. The number of nitrogens with zero attached hydrogens (tertiary/aromatic N) is 2. The smallest absolute Gasteiger partial charge is 0.335 e. The molecule has 2 aromatic rings. The van der Waals surface area contributed by atoms with Gasteiger partial charge in [0.05, 0.1) is 5.69 Å². The third-order valence-electron chi connectivity index (χ3n) is 6.31. The molecule has 0 unspecified atom stereocenters. The Morgan fingerprint density at radius 2 is 1.76 bits per heavy atom. The third kappa shape index (κ3) is 4.15. The lowest BCUT2D eigenvalue weighted by Crippen LogP contribution is -2.54. The van der Waals surface area contributed by atoms with Crippen molar-refractivity contribution in [3.63, 3.8) is 0 Å². The van der Waals surface area contributed by atoms with E-state index in [-0.39, 0.29) is 11.1 Å². The maximum absolute atomic E-state index is 13.2. The first kappa shape index (κ1) is 23.1. The summed E-state index contributed by atoms with van der Waals surface area (Å²) in [5, 5.41) is 2.75. The summed E-state index contributed by atoms with van der Waals surface area (Å²) in [6.07, 6.45) is 2.55. The zero-order valence-electron chi connectivity index (χ0n) is 19.5. The average molecular weight is 466 g/mol. The van der Waals surface area contributed by atoms with Crippen molar-refractivity contribution >= 4 is 46.9 Å². The minimum Gasteiger partial charge on any atom is -0.364 e. The highest BCUT2D eigenvalue weighted by Crippen LogP contribution is 2.44. The zero-order valence-corrected chi connectivity index (χ0v) is 20.2. The predicted molar refractivity (Wildman–Crippen MR) is 132 cm³/mol. The van der Waals surface area contributed by atoms with Crippen LogP contribution in [0.4, 0.5) is 16.2 Å². The molecule has 7 heteroatoms. The van der Waals surface area contributed by atoms with Gasteiger partial charge in [-0.25, -0.2) is 9.69 Å². The Balaban J connectivity index is 1.73. The highest BCUT2D eigenvalue weighted by molar-refractivity contribution is 6.39. The van der Waals surface area contributed by atoms with Crippen molar-refractivity contribution in [1.29, 1.82) is 0 Å². The van der Waals surface area contributed by atoms with Gasteiger partial charge in [-0.3, -0.25) is 14.9 Å². The van der Waals surface area contributed by atoms with Gasteiger partial charge in [0.15, 0.2) is 0 Å². The van der Waals surface area contributed by atoms with E-state index in [0.29, 0.717) is 22.7 Å². The molecule has 1 N–H and O–H groups in total. The fourth-order valence-corrected chi connectivity index (χ4v) is 5.31. The monoisotopic (exact) mass is 465 g/mol. The van der Waals surface area contributed by atoms with Crippen LogP contribution in [0.3, 0.4) is 0 Å². The molecule has 0 saturated carbocycles. The van der Waals surface area contributed by atoms with Crippen LogP contribution in [0.2, 0.25) is 5.02 Å². The SMILES string of the molecule is CC(C)N1c2ccc(/C=C3\C(=O)NC(=O)N(c4ccc(Cl)cc4)C3=O)cc2[C@H](C)CC1(C)C. The van der Waals surface area contributed by atoms with E-state index in [9.17, 15) is 14.4 Å². The van der Waals surface area contributed by atoms with Crippen LogP contribution in [-0.2, 0) is 9.59 Å². The van der Waals surface area contributed by atoms with Gasteiger partial charge in [0.25, 0.3) is 11.8 Å². The van der Waals surface area contributed by atoms with Crippen LogP contribution in [-0.4, -0.2) is 29.4 Å². The molecule has 1 saturated heterocycles. The van der Waals surface area contributed by atoms with E-state index in [4.69, 9.17) is 11.6 Å². The second kappa shape index (κ2) is 8.34. The van der Waals surface area contributed by atoms with Crippen molar-refractivity contribution in [2.75, 3.05) is 9.80 Å². The number of barbiturate groups is 1. The summed E-state index contributed by atoms with van der Waals surface area (Å²) in [4.78, 5) is 41.5. The molecule has 6 nitrogen and oxygen atoms in total. The standard InChI is InChI=1S/C26H28ClN3O3/c1-15(2)30-22-11-6-17(12-20(22)16(3)14-26(30,4)5)13-21-23(31)28-25(33)29(24(21)32)19-9-7-18(27)8-10-19/h6-13,15-16H,14H2,1-5H3,(H,28,31,33)/b21-13+/t16-/m1/s1. The van der Waals surface area contributed by atoms with Crippen molar-refractivity contribution in [2.45, 2.75) is 58.5 Å². The number of urea groups is 1. The normalized spacial score (nSPS) is 21.5. The van der Waals surface area contributed by atoms with Gasteiger partial charge in [-0.2, -0.15) is 0 Å². The first-order valence-corrected chi connectivity index (χ1v) is 11.5. The van der Waals surface area contributed by atoms with E-state index < -0.39 is 17.8 Å². The lowest BCUT2D eigenvalue weighted by molar-refractivity contribution is -0.122. The van der Waals surface area contributed by atoms with Crippen LogP contribution in [0.15, 0.2) is 48.0 Å². The first-order chi connectivity index (χ1) is 15.5. The molecule has 0 bridgehead atoms. The summed E-state index contributed by atoms with van der Waals surface area (Å²) >= 11 is 5.93. The number of halogens is 1. The summed E-state index contributed by atoms with van der Waals surface area (Å²) in [5.41, 5.74) is 3.38. The fraction of sp³-hybridized carbons (Fsp3) is 0.346. The number of imide groups is 2. The number of benzene rings is 2. The van der Waals surface area contributed by atoms with Crippen LogP contribution in [0.1, 0.15) is 58.1 Å². The number of nitrogens with one attached hydrogen (secondary N) is 1. The summed E-state index contributed by atoms with van der Waals surface area (Å²) in [6, 6.07) is 11.9.